The van der Waals surface area contributed by atoms with Crippen LogP contribution in [0.1, 0.15) is 34.6 Å². The van der Waals surface area contributed by atoms with Gasteiger partial charge in [-0.15, -0.1) is 0 Å². The average molecular weight is 456 g/mol. The number of aromatic nitrogens is 2. The van der Waals surface area contributed by atoms with E-state index < -0.39 is 0 Å². The summed E-state index contributed by atoms with van der Waals surface area (Å²) in [4.78, 5) is 17.9. The van der Waals surface area contributed by atoms with Crippen molar-refractivity contribution in [2.45, 2.75) is 25.2 Å². The molecule has 5 rings (SSSR count). The molecular formula is C28H29N3O3. The Hall–Kier alpha value is -3.64. The third-order valence-electron chi connectivity index (χ3n) is 6.84. The Balaban J connectivity index is 1.38. The predicted molar refractivity (Wildman–Crippen MR) is 133 cm³/mol. The number of hydrogen-bond acceptors (Lipinski definition) is 4. The summed E-state index contributed by atoms with van der Waals surface area (Å²) in [5.74, 6) is 1.63. The molecule has 6 nitrogen and oxygen atoms in total. The molecule has 4 aromatic rings. The number of hydrogen-bond donors (Lipinski definition) is 1. The summed E-state index contributed by atoms with van der Waals surface area (Å²) in [6.07, 6.45) is 1.72. The molecule has 0 saturated carbocycles. The van der Waals surface area contributed by atoms with Gasteiger partial charge in [-0.2, -0.15) is 0 Å². The Bertz CT molecular complexity index is 1290. The van der Waals surface area contributed by atoms with Crippen molar-refractivity contribution in [2.75, 3.05) is 26.9 Å². The van der Waals surface area contributed by atoms with Crippen LogP contribution in [0.4, 0.5) is 0 Å². The number of para-hydroxylation sites is 1. The van der Waals surface area contributed by atoms with Crippen LogP contribution in [0.15, 0.2) is 72.8 Å². The molecule has 0 atom stereocenters. The highest BCUT2D eigenvalue weighted by atomic mass is 16.5. The van der Waals surface area contributed by atoms with Crippen molar-refractivity contribution in [1.82, 2.24) is 14.9 Å². The number of amides is 1. The molecular weight excluding hydrogens is 426 g/mol. The number of aryl methyl sites for hydroxylation is 1. The van der Waals surface area contributed by atoms with Crippen molar-refractivity contribution in [2.24, 2.45) is 0 Å². The number of carbonyl (C=O) groups is 1. The minimum atomic E-state index is -0.157. The molecule has 1 aromatic heterocycles. The van der Waals surface area contributed by atoms with Gasteiger partial charge in [-0.3, -0.25) is 9.36 Å². The van der Waals surface area contributed by atoms with Gasteiger partial charge in [-0.1, -0.05) is 30.3 Å². The number of nitrogens with one attached hydrogen (secondary N) is 1. The van der Waals surface area contributed by atoms with E-state index in [1.165, 1.54) is 5.56 Å². The van der Waals surface area contributed by atoms with E-state index in [0.29, 0.717) is 25.3 Å². The van der Waals surface area contributed by atoms with Crippen molar-refractivity contribution < 1.29 is 14.3 Å². The van der Waals surface area contributed by atoms with Crippen molar-refractivity contribution >= 4 is 16.9 Å². The van der Waals surface area contributed by atoms with Crippen LogP contribution >= 0.6 is 0 Å². The molecule has 0 bridgehead atoms. The molecule has 174 valence electrons. The van der Waals surface area contributed by atoms with Gasteiger partial charge >= 0.3 is 0 Å². The van der Waals surface area contributed by atoms with Crippen LogP contribution in [-0.2, 0) is 10.2 Å². The van der Waals surface area contributed by atoms with Crippen molar-refractivity contribution in [3.8, 4) is 11.4 Å². The molecule has 3 aromatic carbocycles. The zero-order chi connectivity index (χ0) is 23.5. The van der Waals surface area contributed by atoms with Gasteiger partial charge in [0.1, 0.15) is 11.6 Å². The monoisotopic (exact) mass is 455 g/mol. The number of fused-ring (bicyclic) bond motifs is 1. The number of ether oxygens (including phenoxy) is 2. The molecule has 1 fully saturated rings. The maximum Gasteiger partial charge on any atom is 0.251 e. The number of methoxy groups -OCH3 is 1. The Kier molecular flexibility index (Phi) is 6.07. The van der Waals surface area contributed by atoms with Gasteiger partial charge in [0.2, 0.25) is 0 Å². The molecule has 1 aliphatic rings. The van der Waals surface area contributed by atoms with Gasteiger partial charge in [-0.25, -0.2) is 4.98 Å². The van der Waals surface area contributed by atoms with E-state index in [9.17, 15) is 4.79 Å². The molecule has 0 spiro atoms. The smallest absolute Gasteiger partial charge is 0.251 e. The Labute approximate surface area is 199 Å². The maximum absolute atomic E-state index is 13.2. The quantitative estimate of drug-likeness (QED) is 0.453. The van der Waals surface area contributed by atoms with E-state index in [0.717, 1.165) is 41.1 Å². The van der Waals surface area contributed by atoms with E-state index in [2.05, 4.69) is 34.1 Å². The van der Waals surface area contributed by atoms with Crippen LogP contribution < -0.4 is 10.1 Å². The average Bonchev–Trinajstić information content (AvgIpc) is 3.23. The van der Waals surface area contributed by atoms with Gasteiger partial charge < -0.3 is 14.8 Å². The summed E-state index contributed by atoms with van der Waals surface area (Å²) in [7, 11) is 1.67. The molecule has 1 aliphatic heterocycles. The lowest BCUT2D eigenvalue weighted by Gasteiger charge is -2.38. The second-order valence-electron chi connectivity index (χ2n) is 8.84. The summed E-state index contributed by atoms with van der Waals surface area (Å²) in [5.41, 5.74) is 4.51. The summed E-state index contributed by atoms with van der Waals surface area (Å²) < 4.78 is 13.1. The lowest BCUT2D eigenvalue weighted by molar-refractivity contribution is 0.0487. The van der Waals surface area contributed by atoms with Crippen LogP contribution in [0.25, 0.3) is 16.7 Å². The lowest BCUT2D eigenvalue weighted by Crippen LogP contribution is -2.44. The number of imidazole rings is 1. The molecule has 2 heterocycles. The minimum Gasteiger partial charge on any atom is -0.497 e. The van der Waals surface area contributed by atoms with Crippen LogP contribution in [0.3, 0.4) is 0 Å². The fourth-order valence-corrected chi connectivity index (χ4v) is 4.87. The SMILES string of the molecule is COc1ccc(C2(CNC(=O)c3ccc4c(c3)nc(C)n4-c3ccccc3)CCOCC2)cc1. The molecule has 6 heteroatoms. The largest absolute Gasteiger partial charge is 0.497 e. The van der Waals surface area contributed by atoms with Crippen molar-refractivity contribution in [3.63, 3.8) is 0 Å². The highest BCUT2D eigenvalue weighted by Crippen LogP contribution is 2.35. The summed E-state index contributed by atoms with van der Waals surface area (Å²) >= 11 is 0. The molecule has 0 radical (unpaired) electrons. The number of rotatable bonds is 6. The Morgan fingerprint density at radius 3 is 2.50 bits per heavy atom. The van der Waals surface area contributed by atoms with Gasteiger partial charge in [0.15, 0.2) is 0 Å². The zero-order valence-electron chi connectivity index (χ0n) is 19.6. The van der Waals surface area contributed by atoms with Crippen LogP contribution in [0, 0.1) is 6.92 Å². The van der Waals surface area contributed by atoms with E-state index in [-0.39, 0.29) is 11.3 Å². The van der Waals surface area contributed by atoms with Crippen LogP contribution in [-0.4, -0.2) is 42.3 Å². The first-order valence-electron chi connectivity index (χ1n) is 11.6. The van der Waals surface area contributed by atoms with E-state index in [1.54, 1.807) is 7.11 Å². The van der Waals surface area contributed by atoms with E-state index >= 15 is 0 Å². The normalized spacial score (nSPS) is 15.2. The lowest BCUT2D eigenvalue weighted by atomic mass is 9.74. The molecule has 1 N–H and O–H groups in total. The first kappa shape index (κ1) is 22.2. The van der Waals surface area contributed by atoms with Crippen molar-refractivity contribution in [1.29, 1.82) is 0 Å². The highest BCUT2D eigenvalue weighted by molar-refractivity contribution is 5.97. The van der Waals surface area contributed by atoms with Crippen molar-refractivity contribution in [3.05, 3.63) is 89.7 Å². The van der Waals surface area contributed by atoms with Gasteiger partial charge in [0.05, 0.1) is 18.1 Å². The summed E-state index contributed by atoms with van der Waals surface area (Å²) in [6, 6.07) is 24.0. The minimum absolute atomic E-state index is 0.0896. The first-order chi connectivity index (χ1) is 16.6. The fraction of sp³-hybridized carbons (Fsp3) is 0.286. The number of nitrogens with zero attached hydrogens (tertiary/aromatic N) is 2. The zero-order valence-corrected chi connectivity index (χ0v) is 19.6. The maximum atomic E-state index is 13.2. The molecule has 1 saturated heterocycles. The number of benzene rings is 3. The number of carbonyl (C=O) groups excluding carboxylic acids is 1. The molecule has 34 heavy (non-hydrogen) atoms. The molecule has 1 amide bonds. The third kappa shape index (κ3) is 4.17. The second-order valence-corrected chi connectivity index (χ2v) is 8.84. The fourth-order valence-electron chi connectivity index (χ4n) is 4.87. The van der Waals surface area contributed by atoms with Crippen LogP contribution in [0.2, 0.25) is 0 Å². The standard InChI is InChI=1S/C28H29N3O3/c1-20-30-25-18-21(8-13-26(25)31(20)23-6-4-3-5-7-23)27(32)29-19-28(14-16-34-17-15-28)22-9-11-24(33-2)12-10-22/h3-13,18H,14-17,19H2,1-2H3,(H,29,32). The Morgan fingerprint density at radius 1 is 1.06 bits per heavy atom. The highest BCUT2D eigenvalue weighted by Gasteiger charge is 2.35. The molecule has 0 unspecified atom stereocenters. The third-order valence-corrected chi connectivity index (χ3v) is 6.84. The summed E-state index contributed by atoms with van der Waals surface area (Å²) in [6.45, 7) is 3.90. The van der Waals surface area contributed by atoms with Gasteiger partial charge in [-0.05, 0) is 67.8 Å². The predicted octanol–water partition coefficient (Wildman–Crippen LogP) is 4.82. The Morgan fingerprint density at radius 2 is 1.79 bits per heavy atom. The second kappa shape index (κ2) is 9.31. The van der Waals surface area contributed by atoms with Gasteiger partial charge in [0.25, 0.3) is 5.91 Å². The topological polar surface area (TPSA) is 65.4 Å². The molecule has 0 aliphatic carbocycles. The van der Waals surface area contributed by atoms with E-state index in [1.807, 2.05) is 55.5 Å². The van der Waals surface area contributed by atoms with Crippen LogP contribution in [0.5, 0.6) is 5.75 Å². The first-order valence-corrected chi connectivity index (χ1v) is 11.6. The van der Waals surface area contributed by atoms with E-state index in [4.69, 9.17) is 14.5 Å². The van der Waals surface area contributed by atoms with Gasteiger partial charge in [0, 0.05) is 36.4 Å². The summed E-state index contributed by atoms with van der Waals surface area (Å²) in [5, 5.41) is 3.19.